The number of benzene rings is 2. The average Bonchev–Trinajstić information content (AvgIpc) is 2.56. The van der Waals surface area contributed by atoms with Gasteiger partial charge in [-0.15, -0.1) is 0 Å². The highest BCUT2D eigenvalue weighted by Gasteiger charge is 2.16. The van der Waals surface area contributed by atoms with Gasteiger partial charge in [-0.2, -0.15) is 0 Å². The highest BCUT2D eigenvalue weighted by molar-refractivity contribution is 7.80. The largest absolute Gasteiger partial charge is 0.497 e. The minimum Gasteiger partial charge on any atom is -0.497 e. The standard InChI is InChI=1S/C15H12ClN3O4S/c1-23-11-5-2-9(3-6-11)14(20)18-15(24)17-12-7-4-10(16)8-13(12)19(21)22/h2-8H,1H3,(H2,17,18,20,24). The van der Waals surface area contributed by atoms with Crippen molar-refractivity contribution in [3.8, 4) is 5.75 Å². The molecular formula is C15H12ClN3O4S. The first-order valence-corrected chi connectivity index (χ1v) is 7.39. The molecule has 2 N–H and O–H groups in total. The number of hydrogen-bond acceptors (Lipinski definition) is 5. The second kappa shape index (κ2) is 7.71. The van der Waals surface area contributed by atoms with Gasteiger partial charge in [0.2, 0.25) is 0 Å². The van der Waals surface area contributed by atoms with E-state index >= 15 is 0 Å². The molecule has 0 bridgehead atoms. The molecule has 124 valence electrons. The number of thiocarbonyl (C=S) groups is 1. The fraction of sp³-hybridized carbons (Fsp3) is 0.0667. The Morgan fingerprint density at radius 2 is 1.92 bits per heavy atom. The van der Waals surface area contributed by atoms with Gasteiger partial charge in [0.15, 0.2) is 5.11 Å². The minimum absolute atomic E-state index is 0.0683. The maximum Gasteiger partial charge on any atom is 0.294 e. The summed E-state index contributed by atoms with van der Waals surface area (Å²) in [6.45, 7) is 0. The Labute approximate surface area is 147 Å². The normalized spacial score (nSPS) is 9.92. The van der Waals surface area contributed by atoms with E-state index in [4.69, 9.17) is 28.6 Å². The lowest BCUT2D eigenvalue weighted by atomic mass is 10.2. The van der Waals surface area contributed by atoms with Gasteiger partial charge in [0.1, 0.15) is 11.4 Å². The van der Waals surface area contributed by atoms with Crippen LogP contribution in [-0.4, -0.2) is 23.1 Å². The first-order chi connectivity index (χ1) is 11.4. The summed E-state index contributed by atoms with van der Waals surface area (Å²) in [5.74, 6) is 0.163. The van der Waals surface area contributed by atoms with E-state index in [-0.39, 0.29) is 21.5 Å². The van der Waals surface area contributed by atoms with Gasteiger partial charge in [0.05, 0.1) is 12.0 Å². The lowest BCUT2D eigenvalue weighted by Crippen LogP contribution is -2.34. The molecule has 2 aromatic rings. The van der Waals surface area contributed by atoms with Crippen LogP contribution in [-0.2, 0) is 0 Å². The monoisotopic (exact) mass is 365 g/mol. The third-order valence-corrected chi connectivity index (χ3v) is 3.42. The Balaban J connectivity index is 2.07. The van der Waals surface area contributed by atoms with E-state index < -0.39 is 10.8 Å². The SMILES string of the molecule is COc1ccc(C(=O)NC(=S)Nc2ccc(Cl)cc2[N+](=O)[O-])cc1. The van der Waals surface area contributed by atoms with Crippen molar-refractivity contribution in [1.29, 1.82) is 0 Å². The number of carbonyl (C=O) groups is 1. The van der Waals surface area contributed by atoms with Crippen molar-refractivity contribution in [2.45, 2.75) is 0 Å². The van der Waals surface area contributed by atoms with Gasteiger partial charge in [-0.1, -0.05) is 11.6 Å². The number of anilines is 1. The molecule has 0 atom stereocenters. The van der Waals surface area contributed by atoms with Crippen LogP contribution in [0.3, 0.4) is 0 Å². The van der Waals surface area contributed by atoms with Gasteiger partial charge < -0.3 is 10.1 Å². The van der Waals surface area contributed by atoms with E-state index in [1.165, 1.54) is 25.3 Å². The summed E-state index contributed by atoms with van der Waals surface area (Å²) in [6.07, 6.45) is 0. The van der Waals surface area contributed by atoms with E-state index in [0.717, 1.165) is 0 Å². The summed E-state index contributed by atoms with van der Waals surface area (Å²) >= 11 is 10.8. The number of ether oxygens (including phenoxy) is 1. The summed E-state index contributed by atoms with van der Waals surface area (Å²) in [5.41, 5.74) is 0.249. The molecule has 24 heavy (non-hydrogen) atoms. The van der Waals surface area contributed by atoms with Crippen molar-refractivity contribution in [2.24, 2.45) is 0 Å². The number of carbonyl (C=O) groups excluding carboxylic acids is 1. The van der Waals surface area contributed by atoms with Crippen molar-refractivity contribution in [3.63, 3.8) is 0 Å². The second-order valence-electron chi connectivity index (χ2n) is 4.56. The highest BCUT2D eigenvalue weighted by atomic mass is 35.5. The highest BCUT2D eigenvalue weighted by Crippen LogP contribution is 2.27. The Bertz CT molecular complexity index is 796. The fourth-order valence-electron chi connectivity index (χ4n) is 1.83. The molecule has 9 heteroatoms. The van der Waals surface area contributed by atoms with Gasteiger partial charge in [-0.25, -0.2) is 0 Å². The number of rotatable bonds is 4. The second-order valence-corrected chi connectivity index (χ2v) is 5.40. The van der Waals surface area contributed by atoms with Gasteiger partial charge in [0.25, 0.3) is 11.6 Å². The molecule has 2 aromatic carbocycles. The van der Waals surface area contributed by atoms with Crippen molar-refractivity contribution in [1.82, 2.24) is 5.32 Å². The van der Waals surface area contributed by atoms with Gasteiger partial charge in [-0.05, 0) is 48.6 Å². The number of halogens is 1. The predicted molar refractivity (Wildman–Crippen MR) is 94.8 cm³/mol. The van der Waals surface area contributed by atoms with E-state index in [0.29, 0.717) is 11.3 Å². The lowest BCUT2D eigenvalue weighted by Gasteiger charge is -2.10. The van der Waals surface area contributed by atoms with E-state index in [2.05, 4.69) is 10.6 Å². The van der Waals surface area contributed by atoms with Crippen molar-refractivity contribution in [2.75, 3.05) is 12.4 Å². The number of hydrogen-bond donors (Lipinski definition) is 2. The van der Waals surface area contributed by atoms with Crippen LogP contribution in [0.1, 0.15) is 10.4 Å². The Morgan fingerprint density at radius 3 is 2.50 bits per heavy atom. The van der Waals surface area contributed by atoms with Gasteiger partial charge >= 0.3 is 0 Å². The number of methoxy groups -OCH3 is 1. The third-order valence-electron chi connectivity index (χ3n) is 2.98. The van der Waals surface area contributed by atoms with Crippen LogP contribution in [0.5, 0.6) is 5.75 Å². The zero-order valence-corrected chi connectivity index (χ0v) is 14.0. The van der Waals surface area contributed by atoms with Crippen molar-refractivity contribution < 1.29 is 14.5 Å². The summed E-state index contributed by atoms with van der Waals surface area (Å²) in [6, 6.07) is 10.5. The zero-order chi connectivity index (χ0) is 17.7. The van der Waals surface area contributed by atoms with Crippen LogP contribution in [0.15, 0.2) is 42.5 Å². The summed E-state index contributed by atoms with van der Waals surface area (Å²) in [4.78, 5) is 22.5. The Hall–Kier alpha value is -2.71. The topological polar surface area (TPSA) is 93.5 Å². The van der Waals surface area contributed by atoms with Crippen molar-refractivity contribution >= 4 is 46.2 Å². The molecule has 0 saturated heterocycles. The summed E-state index contributed by atoms with van der Waals surface area (Å²) in [7, 11) is 1.52. The Morgan fingerprint density at radius 1 is 1.25 bits per heavy atom. The number of amides is 1. The maximum absolute atomic E-state index is 12.1. The zero-order valence-electron chi connectivity index (χ0n) is 12.4. The molecule has 0 aliphatic rings. The number of nitrogens with zero attached hydrogens (tertiary/aromatic N) is 1. The maximum atomic E-state index is 12.1. The molecule has 0 saturated carbocycles. The molecule has 0 heterocycles. The number of nitro benzene ring substituents is 1. The molecule has 0 fully saturated rings. The van der Waals surface area contributed by atoms with Crippen LogP contribution >= 0.6 is 23.8 Å². The molecule has 0 radical (unpaired) electrons. The molecule has 0 aromatic heterocycles. The molecule has 0 spiro atoms. The average molecular weight is 366 g/mol. The smallest absolute Gasteiger partial charge is 0.294 e. The summed E-state index contributed by atoms with van der Waals surface area (Å²) in [5, 5.41) is 16.2. The van der Waals surface area contributed by atoms with Gasteiger partial charge in [0, 0.05) is 16.7 Å². The molecule has 1 amide bonds. The molecule has 0 aliphatic carbocycles. The molecule has 0 unspecified atom stereocenters. The molecular weight excluding hydrogens is 354 g/mol. The number of nitro groups is 1. The van der Waals surface area contributed by atoms with Crippen LogP contribution in [0.25, 0.3) is 0 Å². The van der Waals surface area contributed by atoms with E-state index in [9.17, 15) is 14.9 Å². The van der Waals surface area contributed by atoms with E-state index in [1.807, 2.05) is 0 Å². The van der Waals surface area contributed by atoms with Crippen LogP contribution < -0.4 is 15.4 Å². The molecule has 0 aliphatic heterocycles. The summed E-state index contributed by atoms with van der Waals surface area (Å²) < 4.78 is 5.01. The quantitative estimate of drug-likeness (QED) is 0.490. The first-order valence-electron chi connectivity index (χ1n) is 6.61. The molecule has 2 rings (SSSR count). The van der Waals surface area contributed by atoms with E-state index in [1.54, 1.807) is 24.3 Å². The Kier molecular flexibility index (Phi) is 5.67. The van der Waals surface area contributed by atoms with Crippen LogP contribution in [0.4, 0.5) is 11.4 Å². The molecule has 7 nitrogen and oxygen atoms in total. The first kappa shape index (κ1) is 17.6. The van der Waals surface area contributed by atoms with Crippen molar-refractivity contribution in [3.05, 3.63) is 63.2 Å². The lowest BCUT2D eigenvalue weighted by molar-refractivity contribution is -0.383. The minimum atomic E-state index is -0.595. The van der Waals surface area contributed by atoms with Crippen LogP contribution in [0, 0.1) is 10.1 Å². The van der Waals surface area contributed by atoms with Crippen LogP contribution in [0.2, 0.25) is 5.02 Å². The van der Waals surface area contributed by atoms with Gasteiger partial charge in [-0.3, -0.25) is 20.2 Å². The number of nitrogens with one attached hydrogen (secondary N) is 2. The fourth-order valence-corrected chi connectivity index (χ4v) is 2.20. The third kappa shape index (κ3) is 4.40. The predicted octanol–water partition coefficient (Wildman–Crippen LogP) is 3.38.